The van der Waals surface area contributed by atoms with Gasteiger partial charge in [0.1, 0.15) is 0 Å². The number of hydrogen-bond donors (Lipinski definition) is 1. The molecular weight excluding hydrogens is 216 g/mol. The molecule has 0 aliphatic carbocycles. The van der Waals surface area contributed by atoms with Crippen LogP contribution >= 0.6 is 11.8 Å². The number of rotatable bonds is 3. The van der Waals surface area contributed by atoms with Gasteiger partial charge in [0, 0.05) is 4.75 Å². The molecule has 0 aromatic carbocycles. The lowest BCUT2D eigenvalue weighted by molar-refractivity contribution is -0.162. The normalized spacial score (nSPS) is 15.6. The lowest BCUT2D eigenvalue weighted by atomic mass is 10.0. The third kappa shape index (κ3) is 5.79. The molecule has 1 atom stereocenters. The molecule has 0 aliphatic heterocycles. The minimum absolute atomic E-state index is 0.219. The molecule has 1 N–H and O–H groups in total. The molecule has 0 spiro atoms. The standard InChI is InChI=1S/C10H18O4S/c1-9(2,3)15-7(11)6-10(4,13)8(12)14-5/h13H,6H2,1-5H3/t10-/m0/s1. The van der Waals surface area contributed by atoms with Crippen LogP contribution in [0.5, 0.6) is 0 Å². The first-order chi connectivity index (χ1) is 6.58. The van der Waals surface area contributed by atoms with E-state index >= 15 is 0 Å². The molecule has 0 aromatic rings. The summed E-state index contributed by atoms with van der Waals surface area (Å²) in [4.78, 5) is 22.6. The average Bonchev–Trinajstić information content (AvgIpc) is 1.97. The molecule has 0 bridgehead atoms. The fourth-order valence-electron chi connectivity index (χ4n) is 0.951. The van der Waals surface area contributed by atoms with Gasteiger partial charge in [-0.25, -0.2) is 4.79 Å². The summed E-state index contributed by atoms with van der Waals surface area (Å²) in [5.41, 5.74) is -1.73. The number of aliphatic hydroxyl groups is 1. The fourth-order valence-corrected chi connectivity index (χ4v) is 1.99. The lowest BCUT2D eigenvalue weighted by Gasteiger charge is -2.21. The second-order valence-corrected chi connectivity index (χ2v) is 6.41. The second kappa shape index (κ2) is 4.99. The van der Waals surface area contributed by atoms with Gasteiger partial charge in [0.05, 0.1) is 13.5 Å². The van der Waals surface area contributed by atoms with Crippen LogP contribution in [0.4, 0.5) is 0 Å². The molecule has 0 fully saturated rings. The molecule has 0 saturated heterocycles. The first kappa shape index (κ1) is 14.5. The third-order valence-electron chi connectivity index (χ3n) is 1.53. The first-order valence-electron chi connectivity index (χ1n) is 4.61. The van der Waals surface area contributed by atoms with Crippen molar-refractivity contribution in [1.82, 2.24) is 0 Å². The van der Waals surface area contributed by atoms with Crippen LogP contribution in [-0.2, 0) is 14.3 Å². The van der Waals surface area contributed by atoms with Gasteiger partial charge < -0.3 is 9.84 Å². The third-order valence-corrected chi connectivity index (χ3v) is 2.52. The quantitative estimate of drug-likeness (QED) is 0.747. The summed E-state index contributed by atoms with van der Waals surface area (Å²) in [5.74, 6) is -0.787. The predicted octanol–water partition coefficient (Wildman–Crippen LogP) is 1.36. The van der Waals surface area contributed by atoms with Gasteiger partial charge in [0.2, 0.25) is 0 Å². The van der Waals surface area contributed by atoms with E-state index in [-0.39, 0.29) is 16.3 Å². The fraction of sp³-hybridized carbons (Fsp3) is 0.800. The Morgan fingerprint density at radius 1 is 1.27 bits per heavy atom. The Morgan fingerprint density at radius 2 is 1.73 bits per heavy atom. The summed E-state index contributed by atoms with van der Waals surface area (Å²) in [6.45, 7) is 6.95. The van der Waals surface area contributed by atoms with E-state index < -0.39 is 11.6 Å². The minimum atomic E-state index is -1.73. The Balaban J connectivity index is 4.35. The van der Waals surface area contributed by atoms with Crippen molar-refractivity contribution >= 4 is 22.8 Å². The van der Waals surface area contributed by atoms with Crippen molar-refractivity contribution in [1.29, 1.82) is 0 Å². The smallest absolute Gasteiger partial charge is 0.338 e. The van der Waals surface area contributed by atoms with Crippen LogP contribution in [0.2, 0.25) is 0 Å². The number of esters is 1. The lowest BCUT2D eigenvalue weighted by Crippen LogP contribution is -2.38. The van der Waals surface area contributed by atoms with E-state index in [4.69, 9.17) is 0 Å². The van der Waals surface area contributed by atoms with E-state index in [1.807, 2.05) is 20.8 Å². The first-order valence-corrected chi connectivity index (χ1v) is 5.43. The monoisotopic (exact) mass is 234 g/mol. The van der Waals surface area contributed by atoms with Crippen LogP contribution in [0.1, 0.15) is 34.1 Å². The van der Waals surface area contributed by atoms with E-state index in [1.165, 1.54) is 14.0 Å². The number of methoxy groups -OCH3 is 1. The van der Waals surface area contributed by atoms with Crippen LogP contribution in [0.3, 0.4) is 0 Å². The maximum absolute atomic E-state index is 11.5. The summed E-state index contributed by atoms with van der Waals surface area (Å²) in [6, 6.07) is 0. The Bertz CT molecular complexity index is 253. The van der Waals surface area contributed by atoms with Crippen molar-refractivity contribution in [3.05, 3.63) is 0 Å². The molecule has 15 heavy (non-hydrogen) atoms. The maximum atomic E-state index is 11.5. The number of thioether (sulfide) groups is 1. The molecule has 0 unspecified atom stereocenters. The largest absolute Gasteiger partial charge is 0.467 e. The second-order valence-electron chi connectivity index (χ2n) is 4.53. The van der Waals surface area contributed by atoms with Gasteiger partial charge in [-0.3, -0.25) is 4.79 Å². The van der Waals surface area contributed by atoms with E-state index in [9.17, 15) is 14.7 Å². The molecule has 0 saturated carbocycles. The highest BCUT2D eigenvalue weighted by molar-refractivity contribution is 8.14. The maximum Gasteiger partial charge on any atom is 0.338 e. The van der Waals surface area contributed by atoms with Crippen molar-refractivity contribution in [2.75, 3.05) is 7.11 Å². The van der Waals surface area contributed by atoms with Gasteiger partial charge in [0.15, 0.2) is 10.7 Å². The molecule has 0 amide bonds. The van der Waals surface area contributed by atoms with Crippen LogP contribution in [-0.4, -0.2) is 33.6 Å². The predicted molar refractivity (Wildman–Crippen MR) is 59.6 cm³/mol. The van der Waals surface area contributed by atoms with Gasteiger partial charge in [-0.2, -0.15) is 0 Å². The molecule has 0 radical (unpaired) electrons. The summed E-state index contributed by atoms with van der Waals surface area (Å²) in [5, 5.41) is 9.42. The summed E-state index contributed by atoms with van der Waals surface area (Å²) in [7, 11) is 1.18. The van der Waals surface area contributed by atoms with Crippen molar-refractivity contribution in [2.24, 2.45) is 0 Å². The van der Waals surface area contributed by atoms with Gasteiger partial charge in [0.25, 0.3) is 0 Å². The van der Waals surface area contributed by atoms with Crippen molar-refractivity contribution < 1.29 is 19.4 Å². The minimum Gasteiger partial charge on any atom is -0.467 e. The van der Waals surface area contributed by atoms with Crippen molar-refractivity contribution in [3.63, 3.8) is 0 Å². The highest BCUT2D eigenvalue weighted by atomic mass is 32.2. The summed E-state index contributed by atoms with van der Waals surface area (Å²) < 4.78 is 4.18. The highest BCUT2D eigenvalue weighted by Crippen LogP contribution is 2.27. The van der Waals surface area contributed by atoms with E-state index in [0.29, 0.717) is 0 Å². The number of carbonyl (C=O) groups excluding carboxylic acids is 2. The van der Waals surface area contributed by atoms with Gasteiger partial charge in [-0.15, -0.1) is 0 Å². The van der Waals surface area contributed by atoms with Crippen LogP contribution in [0.25, 0.3) is 0 Å². The number of carbonyl (C=O) groups is 2. The Labute approximate surface area is 94.4 Å². The molecule has 5 heteroatoms. The van der Waals surface area contributed by atoms with Crippen molar-refractivity contribution in [2.45, 2.75) is 44.5 Å². The zero-order chi connectivity index (χ0) is 12.3. The van der Waals surface area contributed by atoms with Crippen LogP contribution in [0.15, 0.2) is 0 Å². The molecule has 4 nitrogen and oxygen atoms in total. The van der Waals surface area contributed by atoms with Gasteiger partial charge in [-0.05, 0) is 6.92 Å². The Kier molecular flexibility index (Phi) is 4.80. The SMILES string of the molecule is COC(=O)[C@@](C)(O)CC(=O)SC(C)(C)C. The summed E-state index contributed by atoms with van der Waals surface area (Å²) in [6.07, 6.45) is -0.235. The molecule has 88 valence electrons. The molecular formula is C10H18O4S. The Morgan fingerprint density at radius 3 is 2.07 bits per heavy atom. The molecule has 0 aromatic heterocycles. The van der Waals surface area contributed by atoms with Gasteiger partial charge >= 0.3 is 5.97 Å². The van der Waals surface area contributed by atoms with E-state index in [0.717, 1.165) is 11.8 Å². The van der Waals surface area contributed by atoms with Gasteiger partial charge in [-0.1, -0.05) is 32.5 Å². The number of hydrogen-bond acceptors (Lipinski definition) is 5. The zero-order valence-corrected chi connectivity index (χ0v) is 10.6. The topological polar surface area (TPSA) is 63.6 Å². The number of ether oxygens (including phenoxy) is 1. The van der Waals surface area contributed by atoms with Crippen LogP contribution < -0.4 is 0 Å². The molecule has 0 rings (SSSR count). The molecule has 0 heterocycles. The van der Waals surface area contributed by atoms with Crippen LogP contribution in [0, 0.1) is 0 Å². The highest BCUT2D eigenvalue weighted by Gasteiger charge is 2.35. The zero-order valence-electron chi connectivity index (χ0n) is 9.79. The summed E-state index contributed by atoms with van der Waals surface area (Å²) >= 11 is 1.10. The molecule has 0 aliphatic rings. The van der Waals surface area contributed by atoms with E-state index in [1.54, 1.807) is 0 Å². The average molecular weight is 234 g/mol. The van der Waals surface area contributed by atoms with E-state index in [2.05, 4.69) is 4.74 Å². The van der Waals surface area contributed by atoms with Crippen molar-refractivity contribution in [3.8, 4) is 0 Å². The Hall–Kier alpha value is -0.550.